The Bertz CT molecular complexity index is 2610. The van der Waals surface area contributed by atoms with Crippen LogP contribution in [0.25, 0.3) is 10.8 Å². The molecule has 0 saturated carbocycles. The van der Waals surface area contributed by atoms with Crippen LogP contribution in [0, 0.1) is 41.9 Å². The van der Waals surface area contributed by atoms with E-state index in [4.69, 9.17) is 28.9 Å². The van der Waals surface area contributed by atoms with E-state index in [9.17, 15) is 29.7 Å². The lowest BCUT2D eigenvalue weighted by Crippen LogP contribution is -2.52. The molecule has 0 aromatic heterocycles. The molecule has 4 N–H and O–H groups in total. The largest absolute Gasteiger partial charge is 0.507 e. The summed E-state index contributed by atoms with van der Waals surface area (Å²) in [5, 5.41) is 39.8. The second-order valence-corrected chi connectivity index (χ2v) is 22.5. The molecule has 0 unspecified atom stereocenters. The molecule has 2 spiro atoms. The van der Waals surface area contributed by atoms with Gasteiger partial charge >= 0.3 is 11.9 Å². The van der Waals surface area contributed by atoms with Crippen molar-refractivity contribution in [3.8, 4) is 17.2 Å². The molecule has 2 aromatic rings. The second-order valence-electron chi connectivity index (χ2n) is 22.5. The van der Waals surface area contributed by atoms with E-state index in [1.54, 1.807) is 33.1 Å². The maximum absolute atomic E-state index is 15.0. The number of hydrogen-bond donors (Lipinski definition) is 4. The molecule has 3 saturated heterocycles. The molecule has 16 nitrogen and oxygen atoms in total. The van der Waals surface area contributed by atoms with Gasteiger partial charge in [0, 0.05) is 88.0 Å². The molecule has 2 aromatic carbocycles. The third-order valence-corrected chi connectivity index (χ3v) is 16.5. The smallest absolute Gasteiger partial charge is 0.410 e. The lowest BCUT2D eigenvalue weighted by Gasteiger charge is -2.47. The van der Waals surface area contributed by atoms with Crippen molar-refractivity contribution in [3.05, 3.63) is 58.0 Å². The van der Waals surface area contributed by atoms with Gasteiger partial charge in [0.2, 0.25) is 0 Å². The fourth-order valence-corrected chi connectivity index (χ4v) is 12.1. The Morgan fingerprint density at radius 2 is 1.62 bits per heavy atom. The SMILES string of the molecule is CO[C@H]1/C=C/O[C@@]2(C)Oc3c(C)c(O)c4c(O)c(c5c(c4c3C2=O)=NC2(CCN(CC(C)C)CC2)N=5)NC(=O)/C(C)=C\C=C\[C@H](C)C[C@@H](C)[C@@H](O)[C@@H](C)[C@H](OC(=O)N2CCCC3(CCN(C)CC3)C2)[C@@H]1C. The highest BCUT2D eigenvalue weighted by Gasteiger charge is 2.50. The number of aliphatic hydroxyl groups is 1. The monoisotopic (exact) mass is 983 g/mol. The molecule has 7 aliphatic rings. The summed E-state index contributed by atoms with van der Waals surface area (Å²) < 4.78 is 25.3. The zero-order valence-corrected chi connectivity index (χ0v) is 43.8. The van der Waals surface area contributed by atoms with Gasteiger partial charge in [-0.3, -0.25) is 19.6 Å². The lowest BCUT2D eigenvalue weighted by atomic mass is 9.72. The molecule has 9 rings (SSSR count). The van der Waals surface area contributed by atoms with Crippen molar-refractivity contribution in [2.45, 2.75) is 137 Å². The average molecular weight is 983 g/mol. The maximum atomic E-state index is 15.0. The van der Waals surface area contributed by atoms with Crippen LogP contribution in [0.15, 0.2) is 46.1 Å². The van der Waals surface area contributed by atoms with Crippen molar-refractivity contribution in [1.82, 2.24) is 14.7 Å². The van der Waals surface area contributed by atoms with Crippen molar-refractivity contribution in [3.63, 3.8) is 0 Å². The number of aliphatic hydroxyl groups excluding tert-OH is 1. The fraction of sp³-hybridized carbons (Fsp3) is 0.655. The molecule has 5 bridgehead atoms. The van der Waals surface area contributed by atoms with Crippen molar-refractivity contribution in [2.24, 2.45) is 45.0 Å². The Labute approximate surface area is 418 Å². The van der Waals surface area contributed by atoms with Crippen LogP contribution in [-0.4, -0.2) is 138 Å². The van der Waals surface area contributed by atoms with E-state index >= 15 is 0 Å². The van der Waals surface area contributed by atoms with Crippen LogP contribution in [0.3, 0.4) is 0 Å². The van der Waals surface area contributed by atoms with Crippen LogP contribution >= 0.6 is 0 Å². The standard InChI is InChI=1S/C55H78N6O10/c1-31(2)29-60-25-20-55(21-26-60)57-42-39-40-46(63)37(8)49-41(39)50(65)53(9,71-49)69-27-16-38(68-11)35(6)48(70-52(67)61-22-13-17-54(30-61)18-23-59(10)24-19-54)36(7)45(62)34(5)28-32(3)14-12-15-33(4)51(66)56-44(47(40)64)43(42)58-55/h12,14-16,27,31-32,34-36,38,45,48,62-64H,13,17-26,28-30H2,1-11H3,(H,56,66)/b14-12+,27-16+,33-15-/t32-,34+,35+,36+,38-,45+,48+,53-/m0/s1. The number of benzene rings is 2. The van der Waals surface area contributed by atoms with Crippen LogP contribution in [0.1, 0.15) is 116 Å². The highest BCUT2D eigenvalue weighted by molar-refractivity contribution is 6.19. The predicted molar refractivity (Wildman–Crippen MR) is 271 cm³/mol. The van der Waals surface area contributed by atoms with Crippen LogP contribution in [0.4, 0.5) is 10.5 Å². The first kappa shape index (κ1) is 52.3. The van der Waals surface area contributed by atoms with Crippen molar-refractivity contribution in [2.75, 3.05) is 65.3 Å². The van der Waals surface area contributed by atoms with Crippen molar-refractivity contribution >= 4 is 34.2 Å². The van der Waals surface area contributed by atoms with E-state index < -0.39 is 65.1 Å². The Morgan fingerprint density at radius 1 is 0.930 bits per heavy atom. The molecular formula is C55H78N6O10. The number of Topliss-reactive ketones (excluding diaryl/α,β-unsaturated/α-hetero) is 1. The Morgan fingerprint density at radius 3 is 2.30 bits per heavy atom. The summed E-state index contributed by atoms with van der Waals surface area (Å²) >= 11 is 0. The topological polar surface area (TPSA) is 195 Å². The summed E-state index contributed by atoms with van der Waals surface area (Å²) in [5.41, 5.74) is -0.313. The summed E-state index contributed by atoms with van der Waals surface area (Å²) in [4.78, 5) is 60.4. The molecule has 0 aliphatic carbocycles. The van der Waals surface area contributed by atoms with Gasteiger partial charge < -0.3 is 54.3 Å². The number of anilines is 1. The van der Waals surface area contributed by atoms with E-state index in [0.717, 1.165) is 58.4 Å². The van der Waals surface area contributed by atoms with E-state index in [2.05, 4.69) is 36.0 Å². The Kier molecular flexibility index (Phi) is 15.1. The second kappa shape index (κ2) is 20.5. The number of allylic oxidation sites excluding steroid dienone is 3. The van der Waals surface area contributed by atoms with Gasteiger partial charge in [0.05, 0.1) is 34.8 Å². The minimum absolute atomic E-state index is 0.0100. The van der Waals surface area contributed by atoms with Gasteiger partial charge in [-0.2, -0.15) is 0 Å². The van der Waals surface area contributed by atoms with Gasteiger partial charge in [-0.05, 0) is 95.3 Å². The maximum Gasteiger partial charge on any atom is 0.410 e. The Hall–Kier alpha value is -5.03. The van der Waals surface area contributed by atoms with E-state index in [-0.39, 0.29) is 67.1 Å². The van der Waals surface area contributed by atoms with Crippen molar-refractivity contribution in [1.29, 1.82) is 0 Å². The number of ether oxygens (including phenoxy) is 4. The van der Waals surface area contributed by atoms with Crippen LogP contribution in [0.5, 0.6) is 17.2 Å². The highest BCUT2D eigenvalue weighted by atomic mass is 16.7. The van der Waals surface area contributed by atoms with Crippen molar-refractivity contribution < 1.29 is 48.7 Å². The van der Waals surface area contributed by atoms with E-state index in [1.807, 2.05) is 44.7 Å². The minimum atomic E-state index is -1.94. The van der Waals surface area contributed by atoms with Gasteiger partial charge in [-0.15, -0.1) is 0 Å². The minimum Gasteiger partial charge on any atom is -0.507 e. The lowest BCUT2D eigenvalue weighted by molar-refractivity contribution is -0.112. The molecule has 71 heavy (non-hydrogen) atoms. The third-order valence-electron chi connectivity index (χ3n) is 16.5. The quantitative estimate of drug-likeness (QED) is 0.226. The number of piperidine rings is 3. The highest BCUT2D eigenvalue weighted by Crippen LogP contribution is 2.50. The molecule has 388 valence electrons. The number of phenols is 2. The number of nitrogens with one attached hydrogen (secondary N) is 1. The molecule has 2 amide bonds. The van der Waals surface area contributed by atoms with Gasteiger partial charge in [0.15, 0.2) is 11.4 Å². The summed E-state index contributed by atoms with van der Waals surface area (Å²) in [6, 6.07) is 0. The summed E-state index contributed by atoms with van der Waals surface area (Å²) in [6.07, 6.45) is 11.4. The van der Waals surface area contributed by atoms with Crippen LogP contribution in [-0.2, 0) is 19.0 Å². The molecule has 0 radical (unpaired) electrons. The van der Waals surface area contributed by atoms with Crippen LogP contribution < -0.4 is 20.8 Å². The molecule has 8 atom stereocenters. The van der Waals surface area contributed by atoms with E-state index in [1.165, 1.54) is 13.2 Å². The molecule has 3 fully saturated rings. The number of fused-ring (bicyclic) bond motifs is 13. The van der Waals surface area contributed by atoms with Gasteiger partial charge in [0.25, 0.3) is 11.7 Å². The molecule has 16 heteroatoms. The summed E-state index contributed by atoms with van der Waals surface area (Å²) in [5.74, 6) is -4.55. The van der Waals surface area contributed by atoms with Gasteiger partial charge in [-0.1, -0.05) is 59.8 Å². The molecule has 7 heterocycles. The number of carbonyl (C=O) groups excluding carboxylic acids is 3. The third kappa shape index (κ3) is 10.2. The zero-order valence-electron chi connectivity index (χ0n) is 43.8. The number of rotatable bonds is 4. The number of nitrogens with zero attached hydrogens (tertiary/aromatic N) is 5. The van der Waals surface area contributed by atoms with Gasteiger partial charge in [-0.25, -0.2) is 4.79 Å². The number of amides is 2. The average Bonchev–Trinajstić information content (AvgIpc) is 3.83. The first-order chi connectivity index (χ1) is 33.6. The first-order valence-electron chi connectivity index (χ1n) is 26.0. The van der Waals surface area contributed by atoms with Crippen LogP contribution in [0.2, 0.25) is 0 Å². The number of methoxy groups -OCH3 is 1. The first-order valence-corrected chi connectivity index (χ1v) is 26.0. The summed E-state index contributed by atoms with van der Waals surface area (Å²) in [7, 11) is 3.69. The molecular weight excluding hydrogens is 905 g/mol. The predicted octanol–water partition coefficient (Wildman–Crippen LogP) is 7.16. The fourth-order valence-electron chi connectivity index (χ4n) is 12.1. The molecule has 7 aliphatic heterocycles. The van der Waals surface area contributed by atoms with Gasteiger partial charge in [0.1, 0.15) is 28.6 Å². The number of phenolic OH excluding ortho intramolecular Hbond substituents is 2. The summed E-state index contributed by atoms with van der Waals surface area (Å²) in [6.45, 7) is 22.5. The normalized spacial score (nSPS) is 32.2. The number of carbonyl (C=O) groups is 3. The number of ketones is 1. The number of likely N-dealkylation sites (tertiary alicyclic amines) is 3. The number of aromatic hydroxyl groups is 2. The van der Waals surface area contributed by atoms with E-state index in [0.29, 0.717) is 43.8 Å². The number of hydrogen-bond acceptors (Lipinski definition) is 14. The Balaban J connectivity index is 1.19. The zero-order chi connectivity index (χ0) is 51.3.